The number of methoxy groups -OCH3 is 1. The molecule has 3 atom stereocenters. The van der Waals surface area contributed by atoms with Gasteiger partial charge in [0.1, 0.15) is 11.5 Å². The molecule has 0 saturated heterocycles. The van der Waals surface area contributed by atoms with E-state index in [2.05, 4.69) is 24.4 Å². The first kappa shape index (κ1) is 20.4. The number of aromatic hydroxyl groups is 1. The Kier molecular flexibility index (Phi) is 7.63. The molecule has 0 bridgehead atoms. The van der Waals surface area contributed by atoms with Crippen molar-refractivity contribution < 1.29 is 19.2 Å². The van der Waals surface area contributed by atoms with E-state index in [1.807, 2.05) is 12.1 Å². The highest BCUT2D eigenvalue weighted by atomic mass is 32.2. The zero-order chi connectivity index (χ0) is 19.1. The van der Waals surface area contributed by atoms with Crippen LogP contribution in [0.25, 0.3) is 0 Å². The summed E-state index contributed by atoms with van der Waals surface area (Å²) in [4.78, 5) is 0.342. The van der Waals surface area contributed by atoms with Gasteiger partial charge in [-0.1, -0.05) is 18.2 Å². The van der Waals surface area contributed by atoms with Crippen LogP contribution in [0.5, 0.6) is 11.5 Å². The number of hydrogen-bond acceptors (Lipinski definition) is 5. The van der Waals surface area contributed by atoms with Gasteiger partial charge in [-0.15, -0.1) is 0 Å². The quantitative estimate of drug-likeness (QED) is 0.626. The number of aliphatic hydroxyl groups excluding tert-OH is 1. The molecule has 2 aromatic rings. The molecule has 0 unspecified atom stereocenters. The van der Waals surface area contributed by atoms with E-state index in [0.29, 0.717) is 17.0 Å². The molecule has 142 valence electrons. The number of phenols is 1. The van der Waals surface area contributed by atoms with Crippen molar-refractivity contribution in [1.29, 1.82) is 0 Å². The van der Waals surface area contributed by atoms with Gasteiger partial charge in [0, 0.05) is 18.8 Å². The van der Waals surface area contributed by atoms with E-state index in [9.17, 15) is 14.4 Å². The summed E-state index contributed by atoms with van der Waals surface area (Å²) < 4.78 is 16.8. The Bertz CT molecular complexity index is 733. The lowest BCUT2D eigenvalue weighted by molar-refractivity contribution is 0.169. The highest BCUT2D eigenvalue weighted by molar-refractivity contribution is 7.84. The van der Waals surface area contributed by atoms with E-state index in [4.69, 9.17) is 4.74 Å². The predicted molar refractivity (Wildman–Crippen MR) is 104 cm³/mol. The Morgan fingerprint density at radius 2 is 1.88 bits per heavy atom. The average Bonchev–Trinajstić information content (AvgIpc) is 2.64. The van der Waals surface area contributed by atoms with E-state index in [-0.39, 0.29) is 11.8 Å². The predicted octanol–water partition coefficient (Wildman–Crippen LogP) is 2.78. The summed E-state index contributed by atoms with van der Waals surface area (Å²) in [5, 5.41) is 23.4. The third-order valence-corrected chi connectivity index (χ3v) is 5.31. The normalized spacial score (nSPS) is 14.6. The number of nitrogens with one attached hydrogen (secondary N) is 1. The molecule has 6 heteroatoms. The lowest BCUT2D eigenvalue weighted by Gasteiger charge is -2.18. The minimum Gasteiger partial charge on any atom is -0.507 e. The van der Waals surface area contributed by atoms with Crippen molar-refractivity contribution in [3.8, 4) is 11.5 Å². The monoisotopic (exact) mass is 377 g/mol. The number of rotatable bonds is 9. The van der Waals surface area contributed by atoms with Crippen molar-refractivity contribution in [2.45, 2.75) is 36.8 Å². The van der Waals surface area contributed by atoms with Crippen molar-refractivity contribution in [2.24, 2.45) is 0 Å². The minimum absolute atomic E-state index is 0.0115. The lowest BCUT2D eigenvalue weighted by atomic mass is 10.1. The summed E-state index contributed by atoms with van der Waals surface area (Å²) in [7, 11) is 0.357. The van der Waals surface area contributed by atoms with Gasteiger partial charge in [0.15, 0.2) is 0 Å². The van der Waals surface area contributed by atoms with Gasteiger partial charge in [0.25, 0.3) is 0 Å². The second kappa shape index (κ2) is 9.71. The minimum atomic E-state index is -1.30. The van der Waals surface area contributed by atoms with E-state index >= 15 is 0 Å². The molecule has 0 aliphatic carbocycles. The molecule has 26 heavy (non-hydrogen) atoms. The van der Waals surface area contributed by atoms with Gasteiger partial charge < -0.3 is 20.3 Å². The number of hydrogen-bond donors (Lipinski definition) is 3. The first-order valence-electron chi connectivity index (χ1n) is 8.61. The maximum absolute atomic E-state index is 11.6. The Morgan fingerprint density at radius 3 is 2.50 bits per heavy atom. The Balaban J connectivity index is 1.83. The fourth-order valence-corrected chi connectivity index (χ4v) is 3.34. The molecular formula is C20H27NO4S. The number of phenolic OH excluding ortho intramolecular Hbond substituents is 1. The summed E-state index contributed by atoms with van der Waals surface area (Å²) in [5.41, 5.74) is 1.89. The molecule has 0 aliphatic rings. The van der Waals surface area contributed by atoms with Crippen molar-refractivity contribution >= 4 is 10.8 Å². The molecule has 0 aromatic heterocycles. The molecule has 0 amide bonds. The van der Waals surface area contributed by atoms with Crippen molar-refractivity contribution in [3.63, 3.8) is 0 Å². The zero-order valence-electron chi connectivity index (χ0n) is 15.4. The summed E-state index contributed by atoms with van der Waals surface area (Å²) in [6.07, 6.45) is 2.66. The molecule has 5 nitrogen and oxygen atoms in total. The topological polar surface area (TPSA) is 78.8 Å². The fraction of sp³-hybridized carbons (Fsp3) is 0.400. The van der Waals surface area contributed by atoms with E-state index in [1.165, 1.54) is 17.9 Å². The summed E-state index contributed by atoms with van der Waals surface area (Å²) in [6, 6.07) is 13.0. The zero-order valence-corrected chi connectivity index (χ0v) is 16.3. The molecule has 0 heterocycles. The van der Waals surface area contributed by atoms with Gasteiger partial charge in [-0.3, -0.25) is 4.21 Å². The van der Waals surface area contributed by atoms with Crippen LogP contribution in [0.4, 0.5) is 0 Å². The molecule has 0 aliphatic heterocycles. The maximum atomic E-state index is 11.6. The summed E-state index contributed by atoms with van der Waals surface area (Å²) in [6.45, 7) is 2.48. The molecule has 3 N–H and O–H groups in total. The molecule has 0 fully saturated rings. The van der Waals surface area contributed by atoms with Crippen LogP contribution in [0, 0.1) is 0 Å². The average molecular weight is 378 g/mol. The molecular weight excluding hydrogens is 350 g/mol. The Labute approximate surface area is 157 Å². The van der Waals surface area contributed by atoms with Crippen LogP contribution in [0.3, 0.4) is 0 Å². The highest BCUT2D eigenvalue weighted by Gasteiger charge is 2.13. The third-order valence-electron chi connectivity index (χ3n) is 4.36. The number of aryl methyl sites for hydroxylation is 1. The van der Waals surface area contributed by atoms with Crippen molar-refractivity contribution in [2.75, 3.05) is 19.9 Å². The van der Waals surface area contributed by atoms with Gasteiger partial charge in [-0.25, -0.2) is 0 Å². The van der Waals surface area contributed by atoms with Crippen LogP contribution in [0.1, 0.15) is 30.6 Å². The second-order valence-electron chi connectivity index (χ2n) is 6.39. The van der Waals surface area contributed by atoms with E-state index in [1.54, 1.807) is 19.2 Å². The standard InChI is InChI=1S/C20H27NO4S/c1-14(4-5-15-6-9-17(25-2)10-7-15)21-13-19(23)16-8-11-18(22)20(12-16)26(3)24/h6-12,14,19,21-23H,4-5,13H2,1-3H3/t14-,19-,26-/m0/s1. The summed E-state index contributed by atoms with van der Waals surface area (Å²) >= 11 is 0. The summed E-state index contributed by atoms with van der Waals surface area (Å²) in [5.74, 6) is 0.840. The van der Waals surface area contributed by atoms with Gasteiger partial charge in [0.05, 0.1) is 28.9 Å². The highest BCUT2D eigenvalue weighted by Crippen LogP contribution is 2.24. The lowest BCUT2D eigenvalue weighted by Crippen LogP contribution is -2.30. The van der Waals surface area contributed by atoms with Gasteiger partial charge in [0.2, 0.25) is 0 Å². The largest absolute Gasteiger partial charge is 0.507 e. The molecule has 0 radical (unpaired) electrons. The van der Waals surface area contributed by atoms with Crippen LogP contribution in [0.15, 0.2) is 47.4 Å². The molecule has 0 spiro atoms. The van der Waals surface area contributed by atoms with Crippen molar-refractivity contribution in [1.82, 2.24) is 5.32 Å². The Hall–Kier alpha value is -1.89. The second-order valence-corrected chi connectivity index (χ2v) is 7.74. The third kappa shape index (κ3) is 5.83. The molecule has 2 rings (SSSR count). The maximum Gasteiger partial charge on any atom is 0.131 e. The van der Waals surface area contributed by atoms with Gasteiger partial charge in [-0.05, 0) is 55.2 Å². The van der Waals surface area contributed by atoms with E-state index < -0.39 is 16.9 Å². The van der Waals surface area contributed by atoms with Crippen LogP contribution < -0.4 is 10.1 Å². The van der Waals surface area contributed by atoms with Gasteiger partial charge in [-0.2, -0.15) is 0 Å². The van der Waals surface area contributed by atoms with Gasteiger partial charge >= 0.3 is 0 Å². The SMILES string of the molecule is COc1ccc(CC[C@H](C)NC[C@H](O)c2ccc(O)c([S@](C)=O)c2)cc1. The molecule has 0 saturated carbocycles. The van der Waals surface area contributed by atoms with Crippen molar-refractivity contribution in [3.05, 3.63) is 53.6 Å². The van der Waals surface area contributed by atoms with Crippen LogP contribution in [-0.4, -0.2) is 40.4 Å². The number of aliphatic hydroxyl groups is 1. The first-order chi connectivity index (χ1) is 12.4. The van der Waals surface area contributed by atoms with E-state index in [0.717, 1.165) is 18.6 Å². The van der Waals surface area contributed by atoms with Crippen LogP contribution in [0.2, 0.25) is 0 Å². The number of benzene rings is 2. The van der Waals surface area contributed by atoms with Crippen LogP contribution >= 0.6 is 0 Å². The number of ether oxygens (including phenoxy) is 1. The smallest absolute Gasteiger partial charge is 0.131 e. The Morgan fingerprint density at radius 1 is 1.19 bits per heavy atom. The fourth-order valence-electron chi connectivity index (χ4n) is 2.68. The molecule has 2 aromatic carbocycles. The van der Waals surface area contributed by atoms with Crippen LogP contribution in [-0.2, 0) is 17.2 Å². The first-order valence-corrected chi connectivity index (χ1v) is 10.2.